The van der Waals surface area contributed by atoms with E-state index in [1.54, 1.807) is 0 Å². The lowest BCUT2D eigenvalue weighted by atomic mass is 10.0. The van der Waals surface area contributed by atoms with E-state index in [-0.39, 0.29) is 0 Å². The van der Waals surface area contributed by atoms with Crippen LogP contribution in [-0.4, -0.2) is 0 Å². The fraction of sp³-hybridized carbons (Fsp3) is 0.852. The largest absolute Gasteiger partial charge is 0.0885 e. The minimum absolute atomic E-state index is 1.23. The molecule has 0 fully saturated rings. The molecular weight excluding hydrogens is 324 g/mol. The summed E-state index contributed by atoms with van der Waals surface area (Å²) in [5, 5.41) is 0. The van der Waals surface area contributed by atoms with Crippen LogP contribution in [0, 0.1) is 0 Å². The molecule has 0 aliphatic rings. The standard InChI is InChI=1S/C27H52/c1-3-5-7-9-11-13-15-17-19-21-23-25-27-26-24-22-20-18-16-14-12-10-8-6-4-2/h13,15,21,23H,3-12,14,16-20,22,24-27H2,1-2H3/b15-13-,23-21-. The minimum atomic E-state index is 1.23. The number of allylic oxidation sites excluding steroid dienone is 4. The van der Waals surface area contributed by atoms with E-state index >= 15 is 0 Å². The summed E-state index contributed by atoms with van der Waals surface area (Å²) in [6.07, 6.45) is 38.9. The topological polar surface area (TPSA) is 0 Å². The summed E-state index contributed by atoms with van der Waals surface area (Å²) < 4.78 is 0. The Balaban J connectivity index is 3.11. The third-order valence-electron chi connectivity index (χ3n) is 5.53. The zero-order valence-corrected chi connectivity index (χ0v) is 19.2. The number of hydrogen-bond donors (Lipinski definition) is 0. The van der Waals surface area contributed by atoms with Gasteiger partial charge in [-0.05, 0) is 38.5 Å². The molecule has 0 aromatic rings. The van der Waals surface area contributed by atoms with E-state index in [0.29, 0.717) is 0 Å². The molecule has 0 unspecified atom stereocenters. The second-order valence-corrected chi connectivity index (χ2v) is 8.40. The van der Waals surface area contributed by atoms with Crippen molar-refractivity contribution in [1.82, 2.24) is 0 Å². The van der Waals surface area contributed by atoms with E-state index in [9.17, 15) is 0 Å². The average Bonchev–Trinajstić information content (AvgIpc) is 2.68. The van der Waals surface area contributed by atoms with Crippen molar-refractivity contribution in [3.05, 3.63) is 24.3 Å². The van der Waals surface area contributed by atoms with Crippen molar-refractivity contribution in [1.29, 1.82) is 0 Å². The van der Waals surface area contributed by atoms with Gasteiger partial charge >= 0.3 is 0 Å². The van der Waals surface area contributed by atoms with Gasteiger partial charge in [0.25, 0.3) is 0 Å². The fourth-order valence-electron chi connectivity index (χ4n) is 3.63. The van der Waals surface area contributed by atoms with Gasteiger partial charge in [-0.15, -0.1) is 0 Å². The first-order valence-electron chi connectivity index (χ1n) is 12.7. The maximum absolute atomic E-state index is 2.41. The Morgan fingerprint density at radius 2 is 0.556 bits per heavy atom. The van der Waals surface area contributed by atoms with Crippen molar-refractivity contribution in [2.45, 2.75) is 149 Å². The average molecular weight is 377 g/mol. The van der Waals surface area contributed by atoms with Crippen LogP contribution in [0.25, 0.3) is 0 Å². The van der Waals surface area contributed by atoms with Crippen LogP contribution in [-0.2, 0) is 0 Å². The normalized spacial score (nSPS) is 11.9. The van der Waals surface area contributed by atoms with Crippen LogP contribution in [0.5, 0.6) is 0 Å². The summed E-state index contributed by atoms with van der Waals surface area (Å²) in [5.74, 6) is 0. The fourth-order valence-corrected chi connectivity index (χ4v) is 3.63. The first-order chi connectivity index (χ1) is 13.4. The highest BCUT2D eigenvalue weighted by Crippen LogP contribution is 2.13. The molecule has 27 heavy (non-hydrogen) atoms. The summed E-state index contributed by atoms with van der Waals surface area (Å²) in [6, 6.07) is 0. The summed E-state index contributed by atoms with van der Waals surface area (Å²) >= 11 is 0. The highest BCUT2D eigenvalue weighted by molar-refractivity contribution is 4.88. The third kappa shape index (κ3) is 25.5. The lowest BCUT2D eigenvalue weighted by Gasteiger charge is -2.02. The molecule has 0 radical (unpaired) electrons. The maximum Gasteiger partial charge on any atom is -0.0316 e. The van der Waals surface area contributed by atoms with Crippen LogP contribution < -0.4 is 0 Å². The van der Waals surface area contributed by atoms with Crippen LogP contribution >= 0.6 is 0 Å². The van der Waals surface area contributed by atoms with Crippen molar-refractivity contribution >= 4 is 0 Å². The van der Waals surface area contributed by atoms with Gasteiger partial charge < -0.3 is 0 Å². The molecule has 0 aliphatic heterocycles. The predicted octanol–water partition coefficient (Wildman–Crippen LogP) is 10.3. The van der Waals surface area contributed by atoms with Gasteiger partial charge in [0, 0.05) is 0 Å². The molecule has 0 saturated heterocycles. The minimum Gasteiger partial charge on any atom is -0.0885 e. The van der Waals surface area contributed by atoms with Crippen LogP contribution in [0.2, 0.25) is 0 Å². The molecule has 0 atom stereocenters. The second-order valence-electron chi connectivity index (χ2n) is 8.40. The van der Waals surface area contributed by atoms with Crippen LogP contribution in [0.1, 0.15) is 149 Å². The van der Waals surface area contributed by atoms with Crippen molar-refractivity contribution in [3.8, 4) is 0 Å². The van der Waals surface area contributed by atoms with Gasteiger partial charge in [0.1, 0.15) is 0 Å². The molecule has 0 heterocycles. The molecule has 0 saturated carbocycles. The van der Waals surface area contributed by atoms with Gasteiger partial charge in [0.05, 0.1) is 0 Å². The van der Waals surface area contributed by atoms with Gasteiger partial charge in [-0.25, -0.2) is 0 Å². The van der Waals surface area contributed by atoms with Crippen LogP contribution in [0.4, 0.5) is 0 Å². The monoisotopic (exact) mass is 376 g/mol. The number of unbranched alkanes of at least 4 members (excludes halogenated alkanes) is 18. The number of rotatable bonds is 22. The molecule has 0 nitrogen and oxygen atoms in total. The molecular formula is C27H52. The van der Waals surface area contributed by atoms with E-state index in [1.807, 2.05) is 0 Å². The molecule has 0 N–H and O–H groups in total. The molecule has 0 aromatic heterocycles. The van der Waals surface area contributed by atoms with Gasteiger partial charge in [-0.3, -0.25) is 0 Å². The lowest BCUT2D eigenvalue weighted by Crippen LogP contribution is -1.82. The quantitative estimate of drug-likeness (QED) is 0.130. The first-order valence-corrected chi connectivity index (χ1v) is 12.7. The van der Waals surface area contributed by atoms with Gasteiger partial charge in [-0.1, -0.05) is 134 Å². The summed E-state index contributed by atoms with van der Waals surface area (Å²) in [4.78, 5) is 0. The molecule has 0 aromatic carbocycles. The van der Waals surface area contributed by atoms with Crippen LogP contribution in [0.3, 0.4) is 0 Å². The zero-order chi connectivity index (χ0) is 19.7. The Morgan fingerprint density at radius 1 is 0.296 bits per heavy atom. The zero-order valence-electron chi connectivity index (χ0n) is 19.2. The summed E-state index contributed by atoms with van der Waals surface area (Å²) in [5.41, 5.74) is 0. The van der Waals surface area contributed by atoms with E-state index < -0.39 is 0 Å². The molecule has 0 spiro atoms. The Labute approximate surface area is 173 Å². The Hall–Kier alpha value is -0.520. The molecule has 0 bridgehead atoms. The van der Waals surface area contributed by atoms with Gasteiger partial charge in [-0.2, -0.15) is 0 Å². The Kier molecular flexibility index (Phi) is 25.0. The second kappa shape index (κ2) is 25.5. The highest BCUT2D eigenvalue weighted by atomic mass is 14.0. The van der Waals surface area contributed by atoms with E-state index in [4.69, 9.17) is 0 Å². The molecule has 0 rings (SSSR count). The van der Waals surface area contributed by atoms with Crippen molar-refractivity contribution in [2.24, 2.45) is 0 Å². The van der Waals surface area contributed by atoms with E-state index in [0.717, 1.165) is 0 Å². The first kappa shape index (κ1) is 26.5. The Bertz CT molecular complexity index is 299. The molecule has 0 heteroatoms. The van der Waals surface area contributed by atoms with E-state index in [2.05, 4.69) is 38.2 Å². The maximum atomic E-state index is 2.41. The van der Waals surface area contributed by atoms with Crippen molar-refractivity contribution < 1.29 is 0 Å². The highest BCUT2D eigenvalue weighted by Gasteiger charge is 1.93. The lowest BCUT2D eigenvalue weighted by molar-refractivity contribution is 0.540. The van der Waals surface area contributed by atoms with Gasteiger partial charge in [0.15, 0.2) is 0 Å². The number of hydrogen-bond acceptors (Lipinski definition) is 0. The van der Waals surface area contributed by atoms with Crippen LogP contribution in [0.15, 0.2) is 24.3 Å². The predicted molar refractivity (Wildman–Crippen MR) is 127 cm³/mol. The summed E-state index contributed by atoms with van der Waals surface area (Å²) in [6.45, 7) is 4.58. The van der Waals surface area contributed by atoms with Crippen molar-refractivity contribution in [3.63, 3.8) is 0 Å². The molecule has 160 valence electrons. The molecule has 0 amide bonds. The SMILES string of the molecule is CCCCCC/C=C\CC/C=C\CCCCCCCCCCCCCCC. The molecule has 0 aliphatic carbocycles. The third-order valence-corrected chi connectivity index (χ3v) is 5.53. The van der Waals surface area contributed by atoms with E-state index in [1.165, 1.54) is 135 Å². The summed E-state index contributed by atoms with van der Waals surface area (Å²) in [7, 11) is 0. The Morgan fingerprint density at radius 3 is 0.926 bits per heavy atom. The van der Waals surface area contributed by atoms with Crippen molar-refractivity contribution in [2.75, 3.05) is 0 Å². The smallest absolute Gasteiger partial charge is 0.0316 e. The van der Waals surface area contributed by atoms with Gasteiger partial charge in [0.2, 0.25) is 0 Å².